The van der Waals surface area contributed by atoms with E-state index in [0.29, 0.717) is 33.7 Å². The van der Waals surface area contributed by atoms with Gasteiger partial charge in [0.15, 0.2) is 5.82 Å². The fraction of sp³-hybridized carbons (Fsp3) is 0.261. The summed E-state index contributed by atoms with van der Waals surface area (Å²) in [6.07, 6.45) is 1.53. The average molecular weight is 482 g/mol. The van der Waals surface area contributed by atoms with Crippen LogP contribution >= 0.6 is 11.6 Å². The SMILES string of the molecule is COc1ccc(Cl)cc1NC(=O)Nc1cn[nH]c1-c1nc2ccc(CN3CCOCC3)cc2[nH]1. The van der Waals surface area contributed by atoms with Crippen LogP contribution in [0.5, 0.6) is 5.75 Å². The highest BCUT2D eigenvalue weighted by Gasteiger charge is 2.17. The van der Waals surface area contributed by atoms with E-state index >= 15 is 0 Å². The van der Waals surface area contributed by atoms with Crippen molar-refractivity contribution < 1.29 is 14.3 Å². The fourth-order valence-electron chi connectivity index (χ4n) is 3.91. The van der Waals surface area contributed by atoms with E-state index in [1.165, 1.54) is 18.9 Å². The number of carbonyl (C=O) groups is 1. The number of nitrogens with one attached hydrogen (secondary N) is 4. The normalized spacial score (nSPS) is 14.3. The number of anilines is 2. The number of amides is 2. The number of H-pyrrole nitrogens is 2. The van der Waals surface area contributed by atoms with Gasteiger partial charge < -0.3 is 25.1 Å². The maximum absolute atomic E-state index is 12.6. The first-order valence-electron chi connectivity index (χ1n) is 10.8. The van der Waals surface area contributed by atoms with E-state index in [0.717, 1.165) is 43.9 Å². The van der Waals surface area contributed by atoms with E-state index in [-0.39, 0.29) is 0 Å². The van der Waals surface area contributed by atoms with Gasteiger partial charge in [-0.25, -0.2) is 9.78 Å². The van der Waals surface area contributed by atoms with Gasteiger partial charge in [-0.15, -0.1) is 0 Å². The number of aromatic amines is 2. The summed E-state index contributed by atoms with van der Waals surface area (Å²) in [5.41, 5.74) is 4.44. The van der Waals surface area contributed by atoms with Gasteiger partial charge in [0.1, 0.15) is 11.4 Å². The smallest absolute Gasteiger partial charge is 0.323 e. The summed E-state index contributed by atoms with van der Waals surface area (Å²) in [7, 11) is 1.52. The second kappa shape index (κ2) is 9.72. The predicted molar refractivity (Wildman–Crippen MR) is 130 cm³/mol. The molecule has 1 aliphatic heterocycles. The topological polar surface area (TPSA) is 120 Å². The van der Waals surface area contributed by atoms with Gasteiger partial charge in [0.05, 0.1) is 48.9 Å². The van der Waals surface area contributed by atoms with E-state index in [4.69, 9.17) is 21.1 Å². The highest BCUT2D eigenvalue weighted by molar-refractivity contribution is 6.31. The summed E-state index contributed by atoms with van der Waals surface area (Å²) in [6.45, 7) is 4.25. The molecule has 3 heterocycles. The van der Waals surface area contributed by atoms with Crippen LogP contribution in [0.2, 0.25) is 5.02 Å². The van der Waals surface area contributed by atoms with Crippen LogP contribution in [-0.4, -0.2) is 64.5 Å². The lowest BCUT2D eigenvalue weighted by Gasteiger charge is -2.26. The molecule has 5 rings (SSSR count). The van der Waals surface area contributed by atoms with Gasteiger partial charge in [0.25, 0.3) is 0 Å². The number of aromatic nitrogens is 4. The van der Waals surface area contributed by atoms with Crippen molar-refractivity contribution >= 4 is 40.0 Å². The Morgan fingerprint density at radius 3 is 2.82 bits per heavy atom. The quantitative estimate of drug-likeness (QED) is 0.329. The van der Waals surface area contributed by atoms with Crippen molar-refractivity contribution in [2.24, 2.45) is 0 Å². The molecule has 0 unspecified atom stereocenters. The van der Waals surface area contributed by atoms with Crippen LogP contribution in [-0.2, 0) is 11.3 Å². The number of benzene rings is 2. The van der Waals surface area contributed by atoms with Gasteiger partial charge in [-0.3, -0.25) is 10.00 Å². The molecule has 0 spiro atoms. The Morgan fingerprint density at radius 2 is 2.00 bits per heavy atom. The summed E-state index contributed by atoms with van der Waals surface area (Å²) in [5.74, 6) is 1.07. The van der Waals surface area contributed by atoms with Crippen molar-refractivity contribution in [1.29, 1.82) is 0 Å². The van der Waals surface area contributed by atoms with Crippen LogP contribution in [0, 0.1) is 0 Å². The number of urea groups is 1. The molecule has 10 nitrogen and oxygen atoms in total. The number of fused-ring (bicyclic) bond motifs is 1. The molecule has 0 atom stereocenters. The molecule has 0 aliphatic carbocycles. The molecule has 0 bridgehead atoms. The number of hydrogen-bond donors (Lipinski definition) is 4. The molecule has 1 fully saturated rings. The Balaban J connectivity index is 1.32. The van der Waals surface area contributed by atoms with Gasteiger partial charge in [0.2, 0.25) is 0 Å². The zero-order chi connectivity index (χ0) is 23.5. The molecule has 4 aromatic rings. The monoisotopic (exact) mass is 481 g/mol. The first kappa shape index (κ1) is 22.2. The Hall–Kier alpha value is -3.60. The number of nitrogens with zero attached hydrogens (tertiary/aromatic N) is 3. The number of carbonyl (C=O) groups excluding carboxylic acids is 1. The highest BCUT2D eigenvalue weighted by Crippen LogP contribution is 2.29. The summed E-state index contributed by atoms with van der Waals surface area (Å²) in [5, 5.41) is 13.0. The summed E-state index contributed by atoms with van der Waals surface area (Å²) < 4.78 is 10.7. The Labute approximate surface area is 200 Å². The maximum atomic E-state index is 12.6. The first-order chi connectivity index (χ1) is 16.6. The number of hydrogen-bond acceptors (Lipinski definition) is 6. The Kier molecular flexibility index (Phi) is 6.35. The number of halogens is 1. The third kappa shape index (κ3) is 4.84. The van der Waals surface area contributed by atoms with Crippen LogP contribution in [0.4, 0.5) is 16.2 Å². The molecule has 2 aromatic carbocycles. The summed E-state index contributed by atoms with van der Waals surface area (Å²) >= 11 is 6.05. The van der Waals surface area contributed by atoms with Gasteiger partial charge in [-0.05, 0) is 35.9 Å². The molecule has 0 saturated carbocycles. The number of methoxy groups -OCH3 is 1. The third-order valence-electron chi connectivity index (χ3n) is 5.59. The molecular weight excluding hydrogens is 458 g/mol. The molecular formula is C23H24ClN7O3. The van der Waals surface area contributed by atoms with Crippen LogP contribution in [0.3, 0.4) is 0 Å². The zero-order valence-corrected chi connectivity index (χ0v) is 19.3. The maximum Gasteiger partial charge on any atom is 0.323 e. The molecule has 0 radical (unpaired) electrons. The van der Waals surface area contributed by atoms with E-state index in [2.05, 4.69) is 47.8 Å². The van der Waals surface area contributed by atoms with Crippen LogP contribution in [0.25, 0.3) is 22.6 Å². The standard InChI is InChI=1S/C23H24ClN7O3/c1-33-20-5-3-15(24)11-18(20)28-23(32)29-19-12-25-30-21(19)22-26-16-4-2-14(10-17(16)27-22)13-31-6-8-34-9-7-31/h2-5,10-12H,6-9,13H2,1H3,(H,25,30)(H,26,27)(H2,28,29,32). The number of imidazole rings is 1. The molecule has 2 amide bonds. The van der Waals surface area contributed by atoms with Gasteiger partial charge in [-0.1, -0.05) is 17.7 Å². The number of ether oxygens (including phenoxy) is 2. The Morgan fingerprint density at radius 1 is 1.18 bits per heavy atom. The molecule has 11 heteroatoms. The van der Waals surface area contributed by atoms with Crippen molar-refractivity contribution in [3.8, 4) is 17.3 Å². The lowest BCUT2D eigenvalue weighted by atomic mass is 10.2. The summed E-state index contributed by atoms with van der Waals surface area (Å²) in [6, 6.07) is 10.7. The molecule has 176 valence electrons. The van der Waals surface area contributed by atoms with Gasteiger partial charge in [-0.2, -0.15) is 5.10 Å². The average Bonchev–Trinajstić information content (AvgIpc) is 3.46. The van der Waals surface area contributed by atoms with Crippen molar-refractivity contribution in [2.45, 2.75) is 6.54 Å². The van der Waals surface area contributed by atoms with Gasteiger partial charge >= 0.3 is 6.03 Å². The number of rotatable bonds is 6. The third-order valence-corrected chi connectivity index (χ3v) is 5.83. The lowest BCUT2D eigenvalue weighted by molar-refractivity contribution is 0.0342. The van der Waals surface area contributed by atoms with Crippen LogP contribution in [0.15, 0.2) is 42.6 Å². The minimum Gasteiger partial charge on any atom is -0.495 e. The second-order valence-electron chi connectivity index (χ2n) is 7.91. The molecule has 34 heavy (non-hydrogen) atoms. The zero-order valence-electron chi connectivity index (χ0n) is 18.5. The van der Waals surface area contributed by atoms with Crippen molar-refractivity contribution in [3.05, 3.63) is 53.2 Å². The molecule has 1 aliphatic rings. The predicted octanol–water partition coefficient (Wildman–Crippen LogP) is 4.09. The van der Waals surface area contributed by atoms with Crippen molar-refractivity contribution in [2.75, 3.05) is 44.0 Å². The van der Waals surface area contributed by atoms with E-state index in [9.17, 15) is 4.79 Å². The van der Waals surface area contributed by atoms with Crippen molar-refractivity contribution in [3.63, 3.8) is 0 Å². The lowest BCUT2D eigenvalue weighted by Crippen LogP contribution is -2.35. The second-order valence-corrected chi connectivity index (χ2v) is 8.34. The van der Waals surface area contributed by atoms with Crippen LogP contribution < -0.4 is 15.4 Å². The molecule has 1 saturated heterocycles. The summed E-state index contributed by atoms with van der Waals surface area (Å²) in [4.78, 5) is 23.0. The fourth-order valence-corrected chi connectivity index (χ4v) is 4.08. The van der Waals surface area contributed by atoms with E-state index in [1.54, 1.807) is 18.2 Å². The largest absolute Gasteiger partial charge is 0.495 e. The van der Waals surface area contributed by atoms with E-state index in [1.807, 2.05) is 6.07 Å². The van der Waals surface area contributed by atoms with Gasteiger partial charge in [0, 0.05) is 24.7 Å². The highest BCUT2D eigenvalue weighted by atomic mass is 35.5. The minimum atomic E-state index is -0.466. The number of morpholine rings is 1. The van der Waals surface area contributed by atoms with E-state index < -0.39 is 6.03 Å². The minimum absolute atomic E-state index is 0.453. The Bertz CT molecular complexity index is 1310. The van der Waals surface area contributed by atoms with Crippen molar-refractivity contribution in [1.82, 2.24) is 25.1 Å². The van der Waals surface area contributed by atoms with Crippen LogP contribution in [0.1, 0.15) is 5.56 Å². The first-order valence-corrected chi connectivity index (χ1v) is 11.2. The molecule has 4 N–H and O–H groups in total. The molecule has 2 aromatic heterocycles.